The van der Waals surface area contributed by atoms with Crippen molar-refractivity contribution < 1.29 is 77.2 Å². The van der Waals surface area contributed by atoms with Gasteiger partial charge in [0.25, 0.3) is 0 Å². The molecular formula is C42H53N3O16. The van der Waals surface area contributed by atoms with Crippen molar-refractivity contribution in [3.05, 3.63) is 51.6 Å². The van der Waals surface area contributed by atoms with Gasteiger partial charge in [-0.25, -0.2) is 9.59 Å². The maximum atomic E-state index is 14.2. The maximum Gasteiger partial charge on any atom is 0.410 e. The van der Waals surface area contributed by atoms with Gasteiger partial charge in [-0.15, -0.1) is 0 Å². The Hall–Kier alpha value is -4.89. The first kappa shape index (κ1) is 44.2. The number of phenols is 2. The number of carbonyl (C=O) groups is 5. The number of hydrogen-bond donors (Lipinski definition) is 3. The molecule has 0 bridgehead atoms. The molecule has 2 aliphatic carbocycles. The van der Waals surface area contributed by atoms with Crippen molar-refractivity contribution in [2.75, 3.05) is 61.2 Å². The van der Waals surface area contributed by atoms with E-state index in [4.69, 9.17) is 37.9 Å². The number of aromatic hydroxyl groups is 2. The zero-order valence-corrected chi connectivity index (χ0v) is 35.4. The molecule has 5 aliphatic rings. The van der Waals surface area contributed by atoms with E-state index in [1.165, 1.54) is 51.4 Å². The lowest BCUT2D eigenvalue weighted by atomic mass is 9.72. The van der Waals surface area contributed by atoms with Gasteiger partial charge >= 0.3 is 12.2 Å². The van der Waals surface area contributed by atoms with E-state index in [0.717, 1.165) is 4.90 Å². The van der Waals surface area contributed by atoms with E-state index in [9.17, 15) is 39.3 Å². The van der Waals surface area contributed by atoms with Crippen molar-refractivity contribution in [1.82, 2.24) is 14.7 Å². The minimum absolute atomic E-state index is 0.0142. The van der Waals surface area contributed by atoms with Gasteiger partial charge in [-0.2, -0.15) is 0 Å². The van der Waals surface area contributed by atoms with Gasteiger partial charge in [0.05, 0.1) is 42.6 Å². The standard InChI is InChI=1S/C42H53N3O16/c1-20-36-23(45-14-15-56-38(55-8)37(45)60-36)16-27(58-20)59-25-18-42(53,26(46)19-57-39(51)43(5)12-13-44(6)40(52)61-41(2,3)4)17-22-29(25)35(50)31-30(33(22)48)32(47)21-10-9-11-24(54-7)28(21)34(31)49/h9-11,20,23,25,27,36-38,48,50,53H,12-19H2,1-8H3/t20-,23-,25-,27?,36+,37+,38-,42-/m0/s1. The molecule has 0 saturated carbocycles. The minimum Gasteiger partial charge on any atom is -0.507 e. The number of rotatable bonds is 10. The van der Waals surface area contributed by atoms with E-state index >= 15 is 0 Å². The monoisotopic (exact) mass is 855 g/mol. The molecule has 0 aromatic heterocycles. The van der Waals surface area contributed by atoms with Gasteiger partial charge < -0.3 is 63.0 Å². The molecule has 3 aliphatic heterocycles. The average molecular weight is 856 g/mol. The van der Waals surface area contributed by atoms with Gasteiger partial charge in [-0.3, -0.25) is 19.3 Å². The number of carbonyl (C=O) groups excluding carboxylic acids is 5. The van der Waals surface area contributed by atoms with Crippen molar-refractivity contribution in [3.63, 3.8) is 0 Å². The summed E-state index contributed by atoms with van der Waals surface area (Å²) in [6.45, 7) is 7.07. The molecule has 3 fully saturated rings. The fourth-order valence-electron chi connectivity index (χ4n) is 8.74. The first-order valence-corrected chi connectivity index (χ1v) is 20.1. The Morgan fingerprint density at radius 2 is 1.66 bits per heavy atom. The number of Topliss-reactive ketones (excluding diaryl/α,β-unsaturated/α-hetero) is 1. The second-order valence-electron chi connectivity index (χ2n) is 17.0. The molecule has 2 aromatic rings. The van der Waals surface area contributed by atoms with Gasteiger partial charge in [0.2, 0.25) is 11.6 Å². The van der Waals surface area contributed by atoms with Crippen LogP contribution in [0.1, 0.15) is 89.6 Å². The van der Waals surface area contributed by atoms with E-state index in [2.05, 4.69) is 4.90 Å². The smallest absolute Gasteiger partial charge is 0.410 e. The third-order valence-corrected chi connectivity index (χ3v) is 11.8. The van der Waals surface area contributed by atoms with E-state index in [1.54, 1.807) is 27.7 Å². The largest absolute Gasteiger partial charge is 0.507 e. The highest BCUT2D eigenvalue weighted by molar-refractivity contribution is 6.31. The molecule has 19 nitrogen and oxygen atoms in total. The van der Waals surface area contributed by atoms with Crippen LogP contribution in [0.15, 0.2) is 18.2 Å². The van der Waals surface area contributed by atoms with Crippen LogP contribution in [-0.4, -0.2) is 169 Å². The Kier molecular flexibility index (Phi) is 12.1. The molecule has 3 saturated heterocycles. The normalized spacial score (nSPS) is 28.1. The second-order valence-corrected chi connectivity index (χ2v) is 17.0. The number of ketones is 3. The van der Waals surface area contributed by atoms with Crippen molar-refractivity contribution in [2.45, 2.75) is 101 Å². The molecule has 7 rings (SSSR count). The lowest BCUT2D eigenvalue weighted by molar-refractivity contribution is -0.256. The molecular weight excluding hydrogens is 802 g/mol. The molecule has 19 heteroatoms. The summed E-state index contributed by atoms with van der Waals surface area (Å²) in [5, 5.41) is 36.2. The van der Waals surface area contributed by atoms with Crippen molar-refractivity contribution in [3.8, 4) is 17.2 Å². The number of morpholine rings is 1. The summed E-state index contributed by atoms with van der Waals surface area (Å²) >= 11 is 0. The number of likely N-dealkylation sites (N-methyl/N-ethyl adjacent to an activating group) is 2. The van der Waals surface area contributed by atoms with Crippen LogP contribution in [0.5, 0.6) is 17.2 Å². The summed E-state index contributed by atoms with van der Waals surface area (Å²) in [4.78, 5) is 72.1. The molecule has 2 aromatic carbocycles. The van der Waals surface area contributed by atoms with Crippen LogP contribution in [0.4, 0.5) is 9.59 Å². The highest BCUT2D eigenvalue weighted by Gasteiger charge is 2.55. The molecule has 61 heavy (non-hydrogen) atoms. The SMILES string of the molecule is COc1cccc2c1C(=O)c1c(O)c3c(c(O)c1C2=O)C[C@@](O)(C(=O)COC(=O)N(C)CCN(C)C(=O)OC(C)(C)C)C[C@@H]3OC1C[C@H]2[C@H](O[C@@H]3[C@@H](OC)OCCN32)[C@H](C)O1. The summed E-state index contributed by atoms with van der Waals surface area (Å²) in [5.41, 5.74) is -4.64. The zero-order valence-electron chi connectivity index (χ0n) is 35.4. The first-order valence-electron chi connectivity index (χ1n) is 20.1. The van der Waals surface area contributed by atoms with Crippen LogP contribution in [0.25, 0.3) is 0 Å². The predicted molar refractivity (Wildman–Crippen MR) is 209 cm³/mol. The van der Waals surface area contributed by atoms with Crippen LogP contribution in [-0.2, 0) is 44.4 Å². The third-order valence-electron chi connectivity index (χ3n) is 11.8. The Morgan fingerprint density at radius 1 is 0.967 bits per heavy atom. The second kappa shape index (κ2) is 16.8. The Morgan fingerprint density at radius 3 is 2.33 bits per heavy atom. The number of phenolic OH excluding ortho intramolecular Hbond substituents is 2. The van der Waals surface area contributed by atoms with Crippen LogP contribution in [0, 0.1) is 0 Å². The number of methoxy groups -OCH3 is 2. The summed E-state index contributed by atoms with van der Waals surface area (Å²) in [5.74, 6) is -3.89. The fourth-order valence-corrected chi connectivity index (χ4v) is 8.74. The van der Waals surface area contributed by atoms with Crippen LogP contribution < -0.4 is 4.74 Å². The summed E-state index contributed by atoms with van der Waals surface area (Å²) < 4.78 is 46.5. The predicted octanol–water partition coefficient (Wildman–Crippen LogP) is 2.65. The highest BCUT2D eigenvalue weighted by Crippen LogP contribution is 2.53. The molecule has 8 atom stereocenters. The third kappa shape index (κ3) is 8.15. The number of fused-ring (bicyclic) bond motifs is 6. The topological polar surface area (TPSA) is 230 Å². The maximum absolute atomic E-state index is 14.2. The molecule has 332 valence electrons. The first-order chi connectivity index (χ1) is 28.8. The number of benzene rings is 2. The van der Waals surface area contributed by atoms with Crippen molar-refractivity contribution >= 4 is 29.5 Å². The lowest BCUT2D eigenvalue weighted by Crippen LogP contribution is -2.55. The Balaban J connectivity index is 1.17. The van der Waals surface area contributed by atoms with E-state index in [-0.39, 0.29) is 53.6 Å². The van der Waals surface area contributed by atoms with Gasteiger partial charge in [0.15, 0.2) is 31.2 Å². The number of ether oxygens (including phenoxy) is 8. The molecule has 3 N–H and O–H groups in total. The fraction of sp³-hybridized carbons (Fsp3) is 0.595. The quantitative estimate of drug-likeness (QED) is 0.249. The summed E-state index contributed by atoms with van der Waals surface area (Å²) in [6, 6.07) is 4.14. The molecule has 0 radical (unpaired) electrons. The van der Waals surface area contributed by atoms with E-state index in [1.807, 2.05) is 0 Å². The number of hydrogen-bond acceptors (Lipinski definition) is 17. The molecule has 2 amide bonds. The van der Waals surface area contributed by atoms with Gasteiger partial charge in [0, 0.05) is 82.8 Å². The molecule has 1 unspecified atom stereocenters. The van der Waals surface area contributed by atoms with Gasteiger partial charge in [0.1, 0.15) is 34.6 Å². The van der Waals surface area contributed by atoms with Gasteiger partial charge in [-0.05, 0) is 33.8 Å². The summed E-state index contributed by atoms with van der Waals surface area (Å²) in [6.07, 6.45) is -7.01. The minimum atomic E-state index is -2.39. The number of nitrogens with zero attached hydrogens (tertiary/aromatic N) is 3. The highest BCUT2D eigenvalue weighted by atomic mass is 16.7. The van der Waals surface area contributed by atoms with Gasteiger partial charge in [-0.1, -0.05) is 12.1 Å². The zero-order chi connectivity index (χ0) is 44.3. The van der Waals surface area contributed by atoms with Crippen LogP contribution >= 0.6 is 0 Å². The van der Waals surface area contributed by atoms with Crippen molar-refractivity contribution in [1.29, 1.82) is 0 Å². The van der Waals surface area contributed by atoms with Crippen LogP contribution in [0.3, 0.4) is 0 Å². The number of amides is 2. The van der Waals surface area contributed by atoms with E-state index < -0.39 is 120 Å². The van der Waals surface area contributed by atoms with Crippen molar-refractivity contribution in [2.24, 2.45) is 0 Å². The lowest BCUT2D eigenvalue weighted by Gasteiger charge is -2.43. The number of aliphatic hydroxyl groups is 1. The van der Waals surface area contributed by atoms with E-state index in [0.29, 0.717) is 13.2 Å². The Labute approximate surface area is 352 Å². The van der Waals surface area contributed by atoms with Crippen LogP contribution in [0.2, 0.25) is 0 Å². The molecule has 3 heterocycles. The Bertz CT molecular complexity index is 2100. The summed E-state index contributed by atoms with van der Waals surface area (Å²) in [7, 11) is 5.76. The average Bonchev–Trinajstić information content (AvgIpc) is 3.60. The molecule has 0 spiro atoms.